The smallest absolute Gasteiger partial charge is 0.146 e. The Bertz CT molecular complexity index is 370. The highest BCUT2D eigenvalue weighted by Gasteiger charge is 2.24. The van der Waals surface area contributed by atoms with E-state index >= 15 is 0 Å². The summed E-state index contributed by atoms with van der Waals surface area (Å²) in [6, 6.07) is 5.11. The van der Waals surface area contributed by atoms with Crippen molar-refractivity contribution in [2.45, 2.75) is 19.1 Å². The minimum atomic E-state index is -0.331. The van der Waals surface area contributed by atoms with Gasteiger partial charge in [0, 0.05) is 19.6 Å². The van der Waals surface area contributed by atoms with Gasteiger partial charge < -0.3 is 15.3 Å². The Morgan fingerprint density at radius 1 is 1.56 bits per heavy atom. The lowest BCUT2D eigenvalue weighted by molar-refractivity contribution is 0.198. The second-order valence-corrected chi connectivity index (χ2v) is 4.17. The Morgan fingerprint density at radius 3 is 3.00 bits per heavy atom. The van der Waals surface area contributed by atoms with E-state index in [9.17, 15) is 9.50 Å². The summed E-state index contributed by atoms with van der Waals surface area (Å²) in [4.78, 5) is 1.92. The number of aliphatic hydroxyl groups is 1. The highest BCUT2D eigenvalue weighted by Crippen LogP contribution is 2.27. The largest absolute Gasteiger partial charge is 0.391 e. The molecule has 0 saturated carbocycles. The van der Waals surface area contributed by atoms with Gasteiger partial charge in [0.2, 0.25) is 0 Å². The molecule has 1 unspecified atom stereocenters. The molecule has 2 N–H and O–H groups in total. The topological polar surface area (TPSA) is 35.5 Å². The maximum Gasteiger partial charge on any atom is 0.146 e. The molecule has 1 aliphatic rings. The van der Waals surface area contributed by atoms with Crippen LogP contribution in [0.25, 0.3) is 0 Å². The van der Waals surface area contributed by atoms with E-state index in [-0.39, 0.29) is 11.9 Å². The number of nitrogens with zero attached hydrogens (tertiary/aromatic N) is 1. The highest BCUT2D eigenvalue weighted by molar-refractivity contribution is 5.55. The molecule has 1 aliphatic heterocycles. The van der Waals surface area contributed by atoms with Crippen molar-refractivity contribution in [3.05, 3.63) is 29.6 Å². The fraction of sp³-hybridized carbons (Fsp3) is 0.500. The van der Waals surface area contributed by atoms with Crippen LogP contribution < -0.4 is 10.2 Å². The van der Waals surface area contributed by atoms with Crippen LogP contribution in [0, 0.1) is 5.82 Å². The van der Waals surface area contributed by atoms with Crippen molar-refractivity contribution in [2.75, 3.05) is 25.0 Å². The second-order valence-electron chi connectivity index (χ2n) is 4.17. The Labute approximate surface area is 94.9 Å². The van der Waals surface area contributed by atoms with E-state index in [1.54, 1.807) is 6.07 Å². The van der Waals surface area contributed by atoms with Crippen LogP contribution in [0.1, 0.15) is 12.0 Å². The standard InChI is InChI=1S/C12H17FN2O/c1-14-7-9-3-2-4-11(13)12(9)15-6-5-10(16)8-15/h2-4,10,14,16H,5-8H2,1H3. The third-order valence-electron chi connectivity index (χ3n) is 2.92. The molecule has 3 nitrogen and oxygen atoms in total. The molecule has 16 heavy (non-hydrogen) atoms. The zero-order chi connectivity index (χ0) is 11.5. The van der Waals surface area contributed by atoms with Crippen LogP contribution in [0.5, 0.6) is 0 Å². The van der Waals surface area contributed by atoms with Gasteiger partial charge in [0.25, 0.3) is 0 Å². The first-order valence-corrected chi connectivity index (χ1v) is 5.57. The average Bonchev–Trinajstić information content (AvgIpc) is 2.65. The number of halogens is 1. The van der Waals surface area contributed by atoms with Crippen LogP contribution in [0.3, 0.4) is 0 Å². The maximum absolute atomic E-state index is 13.8. The van der Waals surface area contributed by atoms with Crippen LogP contribution in [0.4, 0.5) is 10.1 Å². The first-order valence-electron chi connectivity index (χ1n) is 5.57. The van der Waals surface area contributed by atoms with Gasteiger partial charge in [0.05, 0.1) is 11.8 Å². The number of hydrogen-bond donors (Lipinski definition) is 2. The molecular formula is C12H17FN2O. The number of rotatable bonds is 3. The molecule has 1 heterocycles. The maximum atomic E-state index is 13.8. The number of aliphatic hydroxyl groups excluding tert-OH is 1. The lowest BCUT2D eigenvalue weighted by Crippen LogP contribution is -2.24. The van der Waals surface area contributed by atoms with Gasteiger partial charge in [-0.05, 0) is 25.1 Å². The van der Waals surface area contributed by atoms with Crippen molar-refractivity contribution in [3.8, 4) is 0 Å². The summed E-state index contributed by atoms with van der Waals surface area (Å²) in [5, 5.41) is 12.5. The van der Waals surface area contributed by atoms with Gasteiger partial charge >= 0.3 is 0 Å². The monoisotopic (exact) mass is 224 g/mol. The van der Waals surface area contributed by atoms with Crippen LogP contribution in [-0.4, -0.2) is 31.3 Å². The van der Waals surface area contributed by atoms with Crippen molar-refractivity contribution in [2.24, 2.45) is 0 Å². The fourth-order valence-electron chi connectivity index (χ4n) is 2.19. The van der Waals surface area contributed by atoms with Gasteiger partial charge in [-0.3, -0.25) is 0 Å². The molecule has 0 amide bonds. The minimum Gasteiger partial charge on any atom is -0.391 e. The predicted molar refractivity (Wildman–Crippen MR) is 62.0 cm³/mol. The number of benzene rings is 1. The van der Waals surface area contributed by atoms with Crippen LogP contribution in [0.2, 0.25) is 0 Å². The zero-order valence-electron chi connectivity index (χ0n) is 9.41. The number of para-hydroxylation sites is 1. The lowest BCUT2D eigenvalue weighted by Gasteiger charge is -2.22. The van der Waals surface area contributed by atoms with Gasteiger partial charge in [0.1, 0.15) is 5.82 Å². The van der Waals surface area contributed by atoms with Crippen molar-refractivity contribution in [3.63, 3.8) is 0 Å². The molecule has 0 radical (unpaired) electrons. The van der Waals surface area contributed by atoms with Crippen molar-refractivity contribution >= 4 is 5.69 Å². The molecule has 1 fully saturated rings. The third-order valence-corrected chi connectivity index (χ3v) is 2.92. The van der Waals surface area contributed by atoms with Gasteiger partial charge in [0.15, 0.2) is 0 Å². The Kier molecular flexibility index (Phi) is 3.41. The molecular weight excluding hydrogens is 207 g/mol. The van der Waals surface area contributed by atoms with Crippen LogP contribution >= 0.6 is 0 Å². The highest BCUT2D eigenvalue weighted by atomic mass is 19.1. The normalized spacial score (nSPS) is 20.4. The van der Waals surface area contributed by atoms with E-state index in [0.29, 0.717) is 25.2 Å². The number of anilines is 1. The number of nitrogens with one attached hydrogen (secondary N) is 1. The molecule has 88 valence electrons. The van der Waals surface area contributed by atoms with Gasteiger partial charge in [-0.2, -0.15) is 0 Å². The Balaban J connectivity index is 2.30. The third kappa shape index (κ3) is 2.18. The first kappa shape index (κ1) is 11.4. The van der Waals surface area contributed by atoms with E-state index in [1.807, 2.05) is 18.0 Å². The quantitative estimate of drug-likeness (QED) is 0.807. The summed E-state index contributed by atoms with van der Waals surface area (Å²) >= 11 is 0. The molecule has 1 aromatic carbocycles. The van der Waals surface area contributed by atoms with Crippen molar-refractivity contribution < 1.29 is 9.50 Å². The van der Waals surface area contributed by atoms with E-state index in [2.05, 4.69) is 5.32 Å². The van der Waals surface area contributed by atoms with E-state index in [0.717, 1.165) is 12.1 Å². The first-order chi connectivity index (χ1) is 7.72. The van der Waals surface area contributed by atoms with Gasteiger partial charge in [-0.15, -0.1) is 0 Å². The van der Waals surface area contributed by atoms with Crippen LogP contribution in [0.15, 0.2) is 18.2 Å². The van der Waals surface area contributed by atoms with Crippen molar-refractivity contribution in [1.29, 1.82) is 0 Å². The predicted octanol–water partition coefficient (Wildman–Crippen LogP) is 1.12. The summed E-state index contributed by atoms with van der Waals surface area (Å²) in [7, 11) is 1.84. The van der Waals surface area contributed by atoms with E-state index < -0.39 is 0 Å². The molecule has 0 spiro atoms. The van der Waals surface area contributed by atoms with Crippen molar-refractivity contribution in [1.82, 2.24) is 5.32 Å². The van der Waals surface area contributed by atoms with E-state index in [1.165, 1.54) is 6.07 Å². The molecule has 2 rings (SSSR count). The lowest BCUT2D eigenvalue weighted by atomic mass is 10.1. The van der Waals surface area contributed by atoms with Gasteiger partial charge in [-0.1, -0.05) is 12.1 Å². The van der Waals surface area contributed by atoms with E-state index in [4.69, 9.17) is 0 Å². The van der Waals surface area contributed by atoms with Crippen LogP contribution in [-0.2, 0) is 6.54 Å². The zero-order valence-corrected chi connectivity index (χ0v) is 9.41. The average molecular weight is 224 g/mol. The molecule has 1 saturated heterocycles. The molecule has 0 bridgehead atoms. The molecule has 1 atom stereocenters. The summed E-state index contributed by atoms with van der Waals surface area (Å²) in [6.07, 6.45) is 0.384. The number of hydrogen-bond acceptors (Lipinski definition) is 3. The summed E-state index contributed by atoms with van der Waals surface area (Å²) in [5.41, 5.74) is 1.57. The summed E-state index contributed by atoms with van der Waals surface area (Å²) in [6.45, 7) is 1.89. The second kappa shape index (κ2) is 4.80. The fourth-order valence-corrected chi connectivity index (χ4v) is 2.19. The Morgan fingerprint density at radius 2 is 2.38 bits per heavy atom. The Hall–Kier alpha value is -1.13. The molecule has 1 aromatic rings. The molecule has 0 aliphatic carbocycles. The molecule has 4 heteroatoms. The van der Waals surface area contributed by atoms with Gasteiger partial charge in [-0.25, -0.2) is 4.39 Å². The minimum absolute atomic E-state index is 0.207. The summed E-state index contributed by atoms with van der Waals surface area (Å²) < 4.78 is 13.8. The SMILES string of the molecule is CNCc1cccc(F)c1N1CCC(O)C1. The number of β-amino-alcohol motifs (C(OH)–C–C–N with tert-alkyl or cyclic N) is 1. The summed E-state index contributed by atoms with van der Waals surface area (Å²) in [5.74, 6) is -0.207. The molecule has 0 aromatic heterocycles.